The highest BCUT2D eigenvalue weighted by atomic mass is 15.1. The summed E-state index contributed by atoms with van der Waals surface area (Å²) in [7, 11) is 0. The average Bonchev–Trinajstić information content (AvgIpc) is 2.68. The molecule has 0 aromatic carbocycles. The van der Waals surface area contributed by atoms with E-state index in [2.05, 4.69) is 16.5 Å². The fraction of sp³-hybridized carbons (Fsp3) is 0.786. The van der Waals surface area contributed by atoms with Crippen LogP contribution in [0.1, 0.15) is 63.4 Å². The van der Waals surface area contributed by atoms with E-state index in [0.717, 1.165) is 17.9 Å². The molecule has 1 rings (SSSR count). The topological polar surface area (TPSA) is 43.8 Å². The molecule has 0 bridgehead atoms. The van der Waals surface area contributed by atoms with E-state index in [1.807, 2.05) is 13.1 Å². The van der Waals surface area contributed by atoms with Crippen molar-refractivity contribution in [2.24, 2.45) is 5.73 Å². The number of hydrogen-bond donors (Lipinski definition) is 1. The van der Waals surface area contributed by atoms with Gasteiger partial charge in [-0.05, 0) is 13.3 Å². The van der Waals surface area contributed by atoms with Gasteiger partial charge in [0.2, 0.25) is 0 Å². The van der Waals surface area contributed by atoms with Gasteiger partial charge in [-0.15, -0.1) is 0 Å². The summed E-state index contributed by atoms with van der Waals surface area (Å²) >= 11 is 0. The quantitative estimate of drug-likeness (QED) is 0.669. The summed E-state index contributed by atoms with van der Waals surface area (Å²) in [6, 6.07) is 0. The van der Waals surface area contributed by atoms with Crippen LogP contribution in [-0.4, -0.2) is 9.55 Å². The maximum Gasteiger partial charge on any atom is 0.110 e. The van der Waals surface area contributed by atoms with Crippen molar-refractivity contribution in [3.63, 3.8) is 0 Å². The number of hydrogen-bond acceptors (Lipinski definition) is 2. The van der Waals surface area contributed by atoms with Crippen LogP contribution in [-0.2, 0) is 13.1 Å². The number of imidazole rings is 1. The van der Waals surface area contributed by atoms with E-state index >= 15 is 0 Å². The molecule has 3 nitrogen and oxygen atoms in total. The second kappa shape index (κ2) is 8.29. The molecule has 17 heavy (non-hydrogen) atoms. The van der Waals surface area contributed by atoms with Crippen LogP contribution in [0.3, 0.4) is 0 Å². The Kier molecular flexibility index (Phi) is 6.94. The molecule has 98 valence electrons. The van der Waals surface area contributed by atoms with Gasteiger partial charge < -0.3 is 10.3 Å². The van der Waals surface area contributed by atoms with Crippen LogP contribution < -0.4 is 5.73 Å². The van der Waals surface area contributed by atoms with Crippen LogP contribution in [0.15, 0.2) is 6.20 Å². The normalized spacial score (nSPS) is 11.0. The Bertz CT molecular complexity index is 304. The number of nitrogens with two attached hydrogens (primary N) is 1. The SMILES string of the molecule is CCCCCCCCCc1nc(C)cn1CN. The van der Waals surface area contributed by atoms with E-state index in [1.54, 1.807) is 0 Å². The number of unbranched alkanes of at least 4 members (excludes halogenated alkanes) is 6. The summed E-state index contributed by atoms with van der Waals surface area (Å²) in [4.78, 5) is 4.51. The highest BCUT2D eigenvalue weighted by Gasteiger charge is 2.03. The number of aryl methyl sites for hydroxylation is 2. The summed E-state index contributed by atoms with van der Waals surface area (Å²) < 4.78 is 2.06. The van der Waals surface area contributed by atoms with Crippen LogP contribution in [0, 0.1) is 6.92 Å². The van der Waals surface area contributed by atoms with Crippen molar-refractivity contribution in [1.29, 1.82) is 0 Å². The molecule has 0 fully saturated rings. The minimum atomic E-state index is 0.548. The van der Waals surface area contributed by atoms with E-state index < -0.39 is 0 Å². The molecule has 3 heteroatoms. The third-order valence-electron chi connectivity index (χ3n) is 3.18. The highest BCUT2D eigenvalue weighted by molar-refractivity contribution is 5.02. The summed E-state index contributed by atoms with van der Waals surface area (Å²) in [6.45, 7) is 4.84. The largest absolute Gasteiger partial charge is 0.322 e. The second-order valence-electron chi connectivity index (χ2n) is 4.82. The maximum atomic E-state index is 5.67. The number of rotatable bonds is 9. The molecule has 0 amide bonds. The standard InChI is InChI=1S/C14H27N3/c1-3-4-5-6-7-8-9-10-14-16-13(2)11-17(14)12-15/h11H,3-10,12,15H2,1-2H3. The van der Waals surface area contributed by atoms with Gasteiger partial charge in [-0.1, -0.05) is 45.4 Å². The molecule has 0 aliphatic rings. The van der Waals surface area contributed by atoms with Crippen molar-refractivity contribution in [2.45, 2.75) is 71.9 Å². The molecule has 1 aromatic rings. The van der Waals surface area contributed by atoms with E-state index in [9.17, 15) is 0 Å². The molecule has 0 aliphatic carbocycles. The zero-order valence-electron chi connectivity index (χ0n) is 11.4. The van der Waals surface area contributed by atoms with Gasteiger partial charge in [0.05, 0.1) is 12.4 Å². The Morgan fingerprint density at radius 3 is 2.41 bits per heavy atom. The third-order valence-corrected chi connectivity index (χ3v) is 3.18. The minimum Gasteiger partial charge on any atom is -0.322 e. The minimum absolute atomic E-state index is 0.548. The van der Waals surface area contributed by atoms with Gasteiger partial charge in [0, 0.05) is 12.6 Å². The van der Waals surface area contributed by atoms with Crippen LogP contribution in [0.2, 0.25) is 0 Å². The fourth-order valence-corrected chi connectivity index (χ4v) is 2.19. The van der Waals surface area contributed by atoms with Crippen LogP contribution in [0.25, 0.3) is 0 Å². The highest BCUT2D eigenvalue weighted by Crippen LogP contribution is 2.10. The van der Waals surface area contributed by atoms with Gasteiger partial charge >= 0.3 is 0 Å². The molecule has 1 heterocycles. The molecule has 0 radical (unpaired) electrons. The average molecular weight is 237 g/mol. The van der Waals surface area contributed by atoms with E-state index in [0.29, 0.717) is 6.67 Å². The molecule has 0 spiro atoms. The molecule has 0 unspecified atom stereocenters. The molecule has 0 atom stereocenters. The Morgan fingerprint density at radius 2 is 1.76 bits per heavy atom. The van der Waals surface area contributed by atoms with Crippen molar-refractivity contribution < 1.29 is 0 Å². The summed E-state index contributed by atoms with van der Waals surface area (Å²) in [6.07, 6.45) is 12.5. The van der Waals surface area contributed by atoms with Crippen molar-refractivity contribution in [2.75, 3.05) is 0 Å². The van der Waals surface area contributed by atoms with Gasteiger partial charge in [0.1, 0.15) is 5.82 Å². The lowest BCUT2D eigenvalue weighted by atomic mass is 10.1. The Labute approximate surface area is 105 Å². The molecule has 0 aliphatic heterocycles. The first-order valence-electron chi connectivity index (χ1n) is 7.00. The molecule has 1 aromatic heterocycles. The molecule has 0 saturated heterocycles. The van der Waals surface area contributed by atoms with Crippen LogP contribution in [0.5, 0.6) is 0 Å². The van der Waals surface area contributed by atoms with Gasteiger partial charge in [-0.2, -0.15) is 0 Å². The Balaban J connectivity index is 2.13. The first-order chi connectivity index (χ1) is 8.27. The zero-order valence-corrected chi connectivity index (χ0v) is 11.4. The fourth-order valence-electron chi connectivity index (χ4n) is 2.19. The molecule has 2 N–H and O–H groups in total. The summed E-state index contributed by atoms with van der Waals surface area (Å²) in [5.41, 5.74) is 6.75. The molecular formula is C14H27N3. The van der Waals surface area contributed by atoms with E-state index in [1.165, 1.54) is 44.9 Å². The van der Waals surface area contributed by atoms with Crippen LogP contribution >= 0.6 is 0 Å². The maximum absolute atomic E-state index is 5.67. The van der Waals surface area contributed by atoms with Crippen molar-refractivity contribution >= 4 is 0 Å². The zero-order chi connectivity index (χ0) is 12.5. The molecule has 0 saturated carbocycles. The van der Waals surface area contributed by atoms with Crippen LogP contribution in [0.4, 0.5) is 0 Å². The van der Waals surface area contributed by atoms with Crippen molar-refractivity contribution in [3.05, 3.63) is 17.7 Å². The number of nitrogens with zero attached hydrogens (tertiary/aromatic N) is 2. The predicted octanol–water partition coefficient (Wildman–Crippen LogP) is 3.40. The van der Waals surface area contributed by atoms with Gasteiger partial charge in [-0.3, -0.25) is 0 Å². The van der Waals surface area contributed by atoms with Crippen molar-refractivity contribution in [3.8, 4) is 0 Å². The lowest BCUT2D eigenvalue weighted by Gasteiger charge is -2.04. The lowest BCUT2D eigenvalue weighted by molar-refractivity contribution is 0.573. The summed E-state index contributed by atoms with van der Waals surface area (Å²) in [5.74, 6) is 1.15. The third kappa shape index (κ3) is 5.35. The number of aromatic nitrogens is 2. The monoisotopic (exact) mass is 237 g/mol. The van der Waals surface area contributed by atoms with Gasteiger partial charge in [0.15, 0.2) is 0 Å². The van der Waals surface area contributed by atoms with Gasteiger partial charge in [-0.25, -0.2) is 4.98 Å². The van der Waals surface area contributed by atoms with Gasteiger partial charge in [0.25, 0.3) is 0 Å². The lowest BCUT2D eigenvalue weighted by Crippen LogP contribution is -2.09. The smallest absolute Gasteiger partial charge is 0.110 e. The molecular weight excluding hydrogens is 210 g/mol. The van der Waals surface area contributed by atoms with E-state index in [4.69, 9.17) is 5.73 Å². The predicted molar refractivity (Wildman–Crippen MR) is 72.8 cm³/mol. The van der Waals surface area contributed by atoms with E-state index in [-0.39, 0.29) is 0 Å². The summed E-state index contributed by atoms with van der Waals surface area (Å²) in [5, 5.41) is 0. The Hall–Kier alpha value is -0.830. The Morgan fingerprint density at radius 1 is 1.12 bits per heavy atom. The second-order valence-corrected chi connectivity index (χ2v) is 4.82. The first kappa shape index (κ1) is 14.2. The first-order valence-corrected chi connectivity index (χ1v) is 7.00. The van der Waals surface area contributed by atoms with Crippen molar-refractivity contribution in [1.82, 2.24) is 9.55 Å².